The van der Waals surface area contributed by atoms with Gasteiger partial charge in [0.1, 0.15) is 0 Å². The topological polar surface area (TPSA) is 102 Å². The van der Waals surface area contributed by atoms with Crippen LogP contribution in [0.5, 0.6) is 0 Å². The average molecular weight is 361 g/mol. The van der Waals surface area contributed by atoms with Gasteiger partial charge in [-0.15, -0.1) is 0 Å². The molecule has 0 fully saturated rings. The van der Waals surface area contributed by atoms with Gasteiger partial charge in [0.25, 0.3) is 5.56 Å². The maximum absolute atomic E-state index is 12.0. The van der Waals surface area contributed by atoms with Crippen molar-refractivity contribution in [2.45, 2.75) is 32.6 Å². The van der Waals surface area contributed by atoms with Gasteiger partial charge in [-0.05, 0) is 29.8 Å². The van der Waals surface area contributed by atoms with Crippen LogP contribution in [-0.2, 0) is 18.3 Å². The Balaban J connectivity index is 2.41. The number of aliphatic hydroxyl groups excluding tert-OH is 1. The molecule has 116 valence electrons. The number of nitrogens with one attached hydrogen (secondary N) is 1. The molecular weight excluding hydrogens is 344 g/mol. The number of aliphatic hydroxyl groups is 1. The van der Waals surface area contributed by atoms with Crippen LogP contribution in [-0.4, -0.2) is 43.0 Å². The normalized spacial score (nSPS) is 13.2. The molecule has 1 atom stereocenters. The van der Waals surface area contributed by atoms with Gasteiger partial charge in [0.2, 0.25) is 0 Å². The Kier molecular flexibility index (Phi) is 4.64. The number of H-pyrrole nitrogens is 1. The van der Waals surface area contributed by atoms with Crippen molar-refractivity contribution in [1.82, 2.24) is 19.1 Å². The van der Waals surface area contributed by atoms with Gasteiger partial charge in [-0.1, -0.05) is 0 Å². The molecule has 2 N–H and O–H groups in total. The first-order chi connectivity index (χ1) is 9.81. The van der Waals surface area contributed by atoms with E-state index in [0.29, 0.717) is 4.73 Å². The summed E-state index contributed by atoms with van der Waals surface area (Å²) < 4.78 is 8.47. The third-order valence-corrected chi connectivity index (χ3v) is 3.58. The molecule has 0 saturated heterocycles. The van der Waals surface area contributed by atoms with Crippen LogP contribution in [0.2, 0.25) is 0 Å². The van der Waals surface area contributed by atoms with Crippen LogP contribution in [0.1, 0.15) is 13.8 Å². The smallest absolute Gasteiger partial charge is 0.329 e. The summed E-state index contributed by atoms with van der Waals surface area (Å²) in [5.41, 5.74) is -0.586. The zero-order chi connectivity index (χ0) is 15.7. The van der Waals surface area contributed by atoms with Crippen molar-refractivity contribution >= 4 is 27.1 Å². The molecule has 0 radical (unpaired) electrons. The fourth-order valence-electron chi connectivity index (χ4n) is 1.94. The summed E-state index contributed by atoms with van der Waals surface area (Å²) in [6.07, 6.45) is -0.787. The van der Waals surface area contributed by atoms with E-state index in [1.165, 1.54) is 16.2 Å². The summed E-state index contributed by atoms with van der Waals surface area (Å²) >= 11 is 3.24. The fourth-order valence-corrected chi connectivity index (χ4v) is 2.43. The van der Waals surface area contributed by atoms with E-state index in [9.17, 15) is 14.7 Å². The highest BCUT2D eigenvalue weighted by Gasteiger charge is 2.18. The zero-order valence-corrected chi connectivity index (χ0v) is 13.5. The highest BCUT2D eigenvalue weighted by molar-refractivity contribution is 9.10. The molecule has 2 aromatic heterocycles. The first-order valence-electron chi connectivity index (χ1n) is 6.46. The number of aryl methyl sites for hydroxylation is 1. The Morgan fingerprint density at radius 1 is 1.43 bits per heavy atom. The average Bonchev–Trinajstić information content (AvgIpc) is 2.72. The van der Waals surface area contributed by atoms with Crippen LogP contribution < -0.4 is 11.2 Å². The molecule has 0 amide bonds. The Labute approximate surface area is 128 Å². The van der Waals surface area contributed by atoms with Crippen molar-refractivity contribution in [2.75, 3.05) is 6.61 Å². The van der Waals surface area contributed by atoms with Gasteiger partial charge >= 0.3 is 5.69 Å². The molecule has 0 aliphatic carbocycles. The van der Waals surface area contributed by atoms with Crippen molar-refractivity contribution in [3.05, 3.63) is 25.6 Å². The first-order valence-corrected chi connectivity index (χ1v) is 7.25. The van der Waals surface area contributed by atoms with Gasteiger partial charge in [0.15, 0.2) is 15.9 Å². The maximum atomic E-state index is 12.0. The van der Waals surface area contributed by atoms with E-state index >= 15 is 0 Å². The van der Waals surface area contributed by atoms with Crippen LogP contribution in [0.4, 0.5) is 0 Å². The highest BCUT2D eigenvalue weighted by Crippen LogP contribution is 2.16. The summed E-state index contributed by atoms with van der Waals surface area (Å²) in [5, 5.41) is 9.99. The molecule has 2 aromatic rings. The van der Waals surface area contributed by atoms with Crippen molar-refractivity contribution in [3.63, 3.8) is 0 Å². The van der Waals surface area contributed by atoms with Crippen LogP contribution in [0, 0.1) is 0 Å². The van der Waals surface area contributed by atoms with Gasteiger partial charge in [-0.3, -0.25) is 14.3 Å². The Morgan fingerprint density at radius 2 is 2.10 bits per heavy atom. The molecule has 8 nitrogen and oxygen atoms in total. The largest absolute Gasteiger partial charge is 0.389 e. The molecule has 21 heavy (non-hydrogen) atoms. The van der Waals surface area contributed by atoms with Gasteiger partial charge < -0.3 is 14.4 Å². The van der Waals surface area contributed by atoms with Crippen LogP contribution in [0.25, 0.3) is 11.2 Å². The summed E-state index contributed by atoms with van der Waals surface area (Å²) in [5.74, 6) is 0. The lowest BCUT2D eigenvalue weighted by Crippen LogP contribution is -2.30. The number of ether oxygens (including phenoxy) is 1. The minimum atomic E-state index is -0.794. The number of hydrogen-bond acceptors (Lipinski definition) is 5. The summed E-state index contributed by atoms with van der Waals surface area (Å²) in [6.45, 7) is 4.02. The van der Waals surface area contributed by atoms with Gasteiger partial charge in [-0.2, -0.15) is 0 Å². The highest BCUT2D eigenvalue weighted by atomic mass is 79.9. The summed E-state index contributed by atoms with van der Waals surface area (Å²) in [4.78, 5) is 29.9. The van der Waals surface area contributed by atoms with Crippen molar-refractivity contribution in [2.24, 2.45) is 7.05 Å². The third kappa shape index (κ3) is 3.25. The van der Waals surface area contributed by atoms with Crippen LogP contribution in [0.3, 0.4) is 0 Å². The standard InChI is InChI=1S/C12H17BrN4O4/c1-6(2)21-5-7(18)4-17-8-9(14-11(17)13)16(3)12(20)15-10(8)19/h6-7,18H,4-5H2,1-3H3,(H,15,19,20)/t7-/m1/s1. The van der Waals surface area contributed by atoms with E-state index in [0.717, 1.165) is 0 Å². The second-order valence-corrected chi connectivity index (χ2v) is 5.73. The minimum Gasteiger partial charge on any atom is -0.389 e. The molecule has 0 bridgehead atoms. The molecule has 0 saturated carbocycles. The molecule has 2 rings (SSSR count). The number of halogens is 1. The van der Waals surface area contributed by atoms with Crippen molar-refractivity contribution < 1.29 is 9.84 Å². The monoisotopic (exact) mass is 360 g/mol. The lowest BCUT2D eigenvalue weighted by Gasteiger charge is -2.14. The molecule has 9 heteroatoms. The number of nitrogens with zero attached hydrogens (tertiary/aromatic N) is 3. The molecule has 0 aromatic carbocycles. The SMILES string of the molecule is CC(C)OC[C@H](O)Cn1c(Br)nc2c1c(=O)[nH]c(=O)n2C. The van der Waals surface area contributed by atoms with E-state index in [4.69, 9.17) is 4.74 Å². The number of aromatic amines is 1. The number of aromatic nitrogens is 4. The first kappa shape index (κ1) is 15.9. The zero-order valence-electron chi connectivity index (χ0n) is 12.0. The van der Waals surface area contributed by atoms with E-state index in [1.807, 2.05) is 13.8 Å². The van der Waals surface area contributed by atoms with E-state index in [1.54, 1.807) is 0 Å². The van der Waals surface area contributed by atoms with Crippen LogP contribution in [0.15, 0.2) is 14.3 Å². The molecule has 2 heterocycles. The second kappa shape index (κ2) is 6.12. The molecular formula is C12H17BrN4O4. The number of rotatable bonds is 5. The van der Waals surface area contributed by atoms with Gasteiger partial charge in [0.05, 0.1) is 25.4 Å². The van der Waals surface area contributed by atoms with E-state index < -0.39 is 17.4 Å². The number of hydrogen-bond donors (Lipinski definition) is 2. The molecule has 0 aliphatic rings. The Bertz CT molecular complexity index is 761. The Hall–Kier alpha value is -1.45. The predicted molar refractivity (Wildman–Crippen MR) is 80.4 cm³/mol. The molecule has 0 aliphatic heterocycles. The quantitative estimate of drug-likeness (QED) is 0.729. The lowest BCUT2D eigenvalue weighted by atomic mass is 10.3. The van der Waals surface area contributed by atoms with Crippen molar-refractivity contribution in [3.8, 4) is 0 Å². The molecule has 0 unspecified atom stereocenters. The Morgan fingerprint density at radius 3 is 2.71 bits per heavy atom. The van der Waals surface area contributed by atoms with Crippen molar-refractivity contribution in [1.29, 1.82) is 0 Å². The molecule has 0 spiro atoms. The van der Waals surface area contributed by atoms with Crippen LogP contribution >= 0.6 is 15.9 Å². The second-order valence-electron chi connectivity index (χ2n) is 5.02. The third-order valence-electron chi connectivity index (χ3n) is 2.98. The minimum absolute atomic E-state index is 0.00634. The fraction of sp³-hybridized carbons (Fsp3) is 0.583. The van der Waals surface area contributed by atoms with Gasteiger partial charge in [-0.25, -0.2) is 9.78 Å². The van der Waals surface area contributed by atoms with E-state index in [-0.39, 0.29) is 30.4 Å². The van der Waals surface area contributed by atoms with Gasteiger partial charge in [0, 0.05) is 7.05 Å². The lowest BCUT2D eigenvalue weighted by molar-refractivity contribution is -0.000530. The maximum Gasteiger partial charge on any atom is 0.329 e. The number of imidazole rings is 1. The summed E-state index contributed by atoms with van der Waals surface area (Å²) in [7, 11) is 1.52. The predicted octanol–water partition coefficient (Wildman–Crippen LogP) is -0.0283. The summed E-state index contributed by atoms with van der Waals surface area (Å²) in [6, 6.07) is 0. The van der Waals surface area contributed by atoms with E-state index in [2.05, 4.69) is 25.9 Å². The number of fused-ring (bicyclic) bond motifs is 1.